The summed E-state index contributed by atoms with van der Waals surface area (Å²) in [5.74, 6) is 1.35. The van der Waals surface area contributed by atoms with Crippen LogP contribution in [0.25, 0.3) is 20.2 Å². The molecule has 3 atom stereocenters. The number of aryl methyl sites for hydroxylation is 1. The first-order valence-corrected chi connectivity index (χ1v) is 12.6. The Hall–Kier alpha value is -2.25. The van der Waals surface area contributed by atoms with Gasteiger partial charge in [0.25, 0.3) is 5.56 Å². The summed E-state index contributed by atoms with van der Waals surface area (Å²) in [6, 6.07) is 7.33. The molecule has 1 aromatic carbocycles. The number of nitrogens with one attached hydrogen (secondary N) is 1. The average Bonchev–Trinajstić information content (AvgIpc) is 3.15. The number of aromatic nitrogens is 2. The number of nitrogens with zero attached hydrogens (tertiary/aromatic N) is 3. The standard InChI is InChI=1S/C25H34N4O2S/c1-5-20(24(30)26-11-8-12-28-14-16(2)13-17(3)15-28)29-25(31)22-19-9-6-7-10-21(19)32-23(22)18(4)27-29/h6-7,9-10,16-17,20H,5,8,11-15H2,1-4H3,(H,26,30)/t16-,17-,20+/m0/s1. The number of hydrogen-bond donors (Lipinski definition) is 1. The summed E-state index contributed by atoms with van der Waals surface area (Å²) in [7, 11) is 0. The molecule has 0 unspecified atom stereocenters. The molecule has 1 aliphatic rings. The van der Waals surface area contributed by atoms with E-state index in [-0.39, 0.29) is 11.5 Å². The molecule has 0 bridgehead atoms. The van der Waals surface area contributed by atoms with Gasteiger partial charge in [-0.05, 0) is 50.6 Å². The molecule has 7 heteroatoms. The zero-order valence-corrected chi connectivity index (χ0v) is 20.4. The molecule has 3 heterocycles. The van der Waals surface area contributed by atoms with Crippen molar-refractivity contribution >= 4 is 37.4 Å². The third-order valence-electron chi connectivity index (χ3n) is 6.48. The molecule has 0 radical (unpaired) electrons. The minimum absolute atomic E-state index is 0.124. The van der Waals surface area contributed by atoms with E-state index in [9.17, 15) is 9.59 Å². The lowest BCUT2D eigenvalue weighted by Crippen LogP contribution is -2.41. The average molecular weight is 455 g/mol. The van der Waals surface area contributed by atoms with Gasteiger partial charge in [0, 0.05) is 29.7 Å². The van der Waals surface area contributed by atoms with Gasteiger partial charge in [0.1, 0.15) is 6.04 Å². The third kappa shape index (κ3) is 4.59. The fourth-order valence-electron chi connectivity index (χ4n) is 5.17. The van der Waals surface area contributed by atoms with E-state index >= 15 is 0 Å². The Morgan fingerprint density at radius 1 is 1.25 bits per heavy atom. The number of hydrogen-bond acceptors (Lipinski definition) is 5. The normalized spacial score (nSPS) is 20.6. The van der Waals surface area contributed by atoms with Crippen LogP contribution in [0.1, 0.15) is 51.8 Å². The van der Waals surface area contributed by atoms with Crippen LogP contribution >= 0.6 is 11.3 Å². The van der Waals surface area contributed by atoms with Crippen molar-refractivity contribution in [3.63, 3.8) is 0 Å². The van der Waals surface area contributed by atoms with Crippen molar-refractivity contribution in [2.24, 2.45) is 11.8 Å². The van der Waals surface area contributed by atoms with Crippen molar-refractivity contribution in [1.82, 2.24) is 20.0 Å². The van der Waals surface area contributed by atoms with E-state index in [0.717, 1.165) is 58.4 Å². The van der Waals surface area contributed by atoms with Gasteiger partial charge in [-0.25, -0.2) is 4.68 Å². The molecule has 172 valence electrons. The highest BCUT2D eigenvalue weighted by Crippen LogP contribution is 2.33. The van der Waals surface area contributed by atoms with Gasteiger partial charge in [-0.1, -0.05) is 39.0 Å². The zero-order chi connectivity index (χ0) is 22.8. The molecule has 1 saturated heterocycles. The minimum Gasteiger partial charge on any atom is -0.354 e. The number of benzene rings is 1. The quantitative estimate of drug-likeness (QED) is 0.539. The predicted octanol–water partition coefficient (Wildman–Crippen LogP) is 4.35. The lowest BCUT2D eigenvalue weighted by atomic mass is 9.92. The van der Waals surface area contributed by atoms with Crippen LogP contribution in [0.2, 0.25) is 0 Å². The largest absolute Gasteiger partial charge is 0.354 e. The minimum atomic E-state index is -0.598. The Bertz CT molecular complexity index is 1160. The van der Waals surface area contributed by atoms with Crippen LogP contribution in [0.3, 0.4) is 0 Å². The molecule has 0 aliphatic carbocycles. The summed E-state index contributed by atoms with van der Waals surface area (Å²) in [6.45, 7) is 12.4. The van der Waals surface area contributed by atoms with Gasteiger partial charge in [-0.15, -0.1) is 11.3 Å². The topological polar surface area (TPSA) is 67.2 Å². The second-order valence-electron chi connectivity index (χ2n) is 9.41. The molecule has 1 fully saturated rings. The summed E-state index contributed by atoms with van der Waals surface area (Å²) in [4.78, 5) is 28.9. The lowest BCUT2D eigenvalue weighted by molar-refractivity contribution is -0.124. The Balaban J connectivity index is 1.47. The van der Waals surface area contributed by atoms with E-state index in [1.807, 2.05) is 38.1 Å². The van der Waals surface area contributed by atoms with Gasteiger partial charge in [0.2, 0.25) is 5.91 Å². The fourth-order valence-corrected chi connectivity index (χ4v) is 6.30. The fraction of sp³-hybridized carbons (Fsp3) is 0.560. The van der Waals surface area contributed by atoms with Gasteiger partial charge >= 0.3 is 0 Å². The van der Waals surface area contributed by atoms with E-state index in [2.05, 4.69) is 29.2 Å². The molecular weight excluding hydrogens is 420 g/mol. The van der Waals surface area contributed by atoms with Gasteiger partial charge in [0.05, 0.1) is 15.8 Å². The van der Waals surface area contributed by atoms with E-state index in [1.54, 1.807) is 11.3 Å². The van der Waals surface area contributed by atoms with Gasteiger partial charge in [0.15, 0.2) is 0 Å². The van der Waals surface area contributed by atoms with Crippen LogP contribution < -0.4 is 10.9 Å². The monoisotopic (exact) mass is 454 g/mol. The van der Waals surface area contributed by atoms with E-state index in [4.69, 9.17) is 0 Å². The van der Waals surface area contributed by atoms with Crippen LogP contribution in [0.4, 0.5) is 0 Å². The van der Waals surface area contributed by atoms with Crippen molar-refractivity contribution in [2.45, 2.75) is 53.0 Å². The summed E-state index contributed by atoms with van der Waals surface area (Å²) in [5.41, 5.74) is 0.613. The first-order valence-electron chi connectivity index (χ1n) is 11.8. The number of carbonyl (C=O) groups excluding carboxylic acids is 1. The molecular formula is C25H34N4O2S. The lowest BCUT2D eigenvalue weighted by Gasteiger charge is -2.35. The van der Waals surface area contributed by atoms with Crippen molar-refractivity contribution < 1.29 is 4.79 Å². The van der Waals surface area contributed by atoms with E-state index in [1.165, 1.54) is 11.1 Å². The van der Waals surface area contributed by atoms with Gasteiger partial charge in [-0.3, -0.25) is 9.59 Å². The smallest absolute Gasteiger partial charge is 0.276 e. The third-order valence-corrected chi connectivity index (χ3v) is 7.76. The highest BCUT2D eigenvalue weighted by atomic mass is 32.1. The molecule has 2 aromatic heterocycles. The Morgan fingerprint density at radius 2 is 1.97 bits per heavy atom. The summed E-state index contributed by atoms with van der Waals surface area (Å²) < 4.78 is 3.38. The van der Waals surface area contributed by atoms with E-state index < -0.39 is 6.04 Å². The molecule has 4 rings (SSSR count). The number of piperidine rings is 1. The maximum absolute atomic E-state index is 13.4. The number of carbonyl (C=O) groups is 1. The van der Waals surface area contributed by atoms with Crippen molar-refractivity contribution in [1.29, 1.82) is 0 Å². The maximum Gasteiger partial charge on any atom is 0.276 e. The molecule has 0 spiro atoms. The second kappa shape index (κ2) is 9.71. The number of likely N-dealkylation sites (tertiary alicyclic amines) is 1. The van der Waals surface area contributed by atoms with Crippen molar-refractivity contribution in [3.8, 4) is 0 Å². The molecule has 3 aromatic rings. The Morgan fingerprint density at radius 3 is 2.69 bits per heavy atom. The summed E-state index contributed by atoms with van der Waals surface area (Å²) >= 11 is 1.59. The number of rotatable bonds is 7. The predicted molar refractivity (Wildman–Crippen MR) is 132 cm³/mol. The zero-order valence-electron chi connectivity index (χ0n) is 19.6. The van der Waals surface area contributed by atoms with Crippen LogP contribution in [-0.4, -0.2) is 46.8 Å². The van der Waals surface area contributed by atoms with Crippen LogP contribution in [0, 0.1) is 18.8 Å². The molecule has 1 N–H and O–H groups in total. The first kappa shape index (κ1) is 22.9. The highest BCUT2D eigenvalue weighted by Gasteiger charge is 2.25. The van der Waals surface area contributed by atoms with Crippen molar-refractivity contribution in [3.05, 3.63) is 40.3 Å². The van der Waals surface area contributed by atoms with Crippen LogP contribution in [0.5, 0.6) is 0 Å². The van der Waals surface area contributed by atoms with Gasteiger partial charge in [-0.2, -0.15) is 5.10 Å². The van der Waals surface area contributed by atoms with Crippen molar-refractivity contribution in [2.75, 3.05) is 26.2 Å². The molecule has 1 aliphatic heterocycles. The van der Waals surface area contributed by atoms with Crippen LogP contribution in [0.15, 0.2) is 29.1 Å². The van der Waals surface area contributed by atoms with Gasteiger partial charge < -0.3 is 10.2 Å². The maximum atomic E-state index is 13.4. The number of amides is 1. The Kier molecular flexibility index (Phi) is 6.96. The number of thiophene rings is 1. The molecule has 6 nitrogen and oxygen atoms in total. The SMILES string of the molecule is CC[C@H](C(=O)NCCCN1C[C@@H](C)C[C@H](C)C1)n1nc(C)c2sc3ccccc3c2c1=O. The summed E-state index contributed by atoms with van der Waals surface area (Å²) in [5, 5.41) is 9.23. The second-order valence-corrected chi connectivity index (χ2v) is 10.5. The van der Waals surface area contributed by atoms with E-state index in [0.29, 0.717) is 18.4 Å². The first-order chi connectivity index (χ1) is 15.4. The van der Waals surface area contributed by atoms with Crippen LogP contribution in [-0.2, 0) is 4.79 Å². The number of fused-ring (bicyclic) bond motifs is 3. The summed E-state index contributed by atoms with van der Waals surface area (Å²) in [6.07, 6.45) is 2.74. The highest BCUT2D eigenvalue weighted by molar-refractivity contribution is 7.26. The molecule has 0 saturated carbocycles. The molecule has 32 heavy (non-hydrogen) atoms. The molecule has 1 amide bonds. The Labute approximate surface area is 193 Å².